The average Bonchev–Trinajstić information content (AvgIpc) is 3.08. The van der Waals surface area contributed by atoms with Gasteiger partial charge in [-0.15, -0.1) is 0 Å². The number of rotatable bonds is 7. The Hall–Kier alpha value is -3.47. The molecule has 2 aromatic carbocycles. The number of ketones is 1. The Bertz CT molecular complexity index is 1000. The number of aromatic hydroxyl groups is 1. The number of aromatic nitrogens is 1. The molecule has 1 N–H and O–H groups in total. The first kappa shape index (κ1) is 19.3. The van der Waals surface area contributed by atoms with E-state index in [4.69, 9.17) is 9.47 Å². The van der Waals surface area contributed by atoms with Crippen molar-refractivity contribution < 1.29 is 19.4 Å². The number of benzene rings is 2. The fraction of sp³-hybridized carbons (Fsp3) is 0.174. The molecule has 0 spiro atoms. The van der Waals surface area contributed by atoms with E-state index < -0.39 is 0 Å². The second kappa shape index (κ2) is 8.48. The standard InChI is InChI=1S/C23H23NO4/c1-16-14-20(22(26)17-9-11-19(27-2)12-10-17)24(15-16)13-5-7-18-6-4-8-21(25)23(18)28-3/h4-12,14-15,25H,13H2,1-3H3/b7-5+. The summed E-state index contributed by atoms with van der Waals surface area (Å²) in [5, 5.41) is 9.87. The largest absolute Gasteiger partial charge is 0.504 e. The van der Waals surface area contributed by atoms with Crippen LogP contribution in [0, 0.1) is 6.92 Å². The number of para-hydroxylation sites is 1. The summed E-state index contributed by atoms with van der Waals surface area (Å²) in [7, 11) is 3.12. The number of allylic oxidation sites excluding steroid dienone is 1. The molecule has 0 bridgehead atoms. The lowest BCUT2D eigenvalue weighted by molar-refractivity contribution is 0.103. The SMILES string of the molecule is COc1ccc(C(=O)c2cc(C)cn2C/C=C/c2cccc(O)c2OC)cc1. The van der Waals surface area contributed by atoms with Gasteiger partial charge in [0.05, 0.1) is 19.9 Å². The zero-order chi connectivity index (χ0) is 20.1. The van der Waals surface area contributed by atoms with Crippen molar-refractivity contribution in [2.75, 3.05) is 14.2 Å². The van der Waals surface area contributed by atoms with Gasteiger partial charge in [-0.2, -0.15) is 0 Å². The number of methoxy groups -OCH3 is 2. The third-order valence-corrected chi connectivity index (χ3v) is 4.45. The first-order valence-electron chi connectivity index (χ1n) is 8.91. The summed E-state index contributed by atoms with van der Waals surface area (Å²) in [6.45, 7) is 2.48. The van der Waals surface area contributed by atoms with Crippen molar-refractivity contribution >= 4 is 11.9 Å². The van der Waals surface area contributed by atoms with E-state index in [1.165, 1.54) is 7.11 Å². The maximum atomic E-state index is 12.9. The van der Waals surface area contributed by atoms with Crippen molar-refractivity contribution in [2.45, 2.75) is 13.5 Å². The van der Waals surface area contributed by atoms with Gasteiger partial charge in [0.2, 0.25) is 5.78 Å². The minimum absolute atomic E-state index is 0.0425. The third-order valence-electron chi connectivity index (χ3n) is 4.45. The number of aryl methyl sites for hydroxylation is 1. The van der Waals surface area contributed by atoms with Gasteiger partial charge >= 0.3 is 0 Å². The Balaban J connectivity index is 1.82. The van der Waals surface area contributed by atoms with Crippen molar-refractivity contribution in [3.05, 3.63) is 83.2 Å². The van der Waals surface area contributed by atoms with Gasteiger partial charge in [0.25, 0.3) is 0 Å². The molecule has 0 amide bonds. The average molecular weight is 377 g/mol. The second-order valence-electron chi connectivity index (χ2n) is 6.41. The number of nitrogens with zero attached hydrogens (tertiary/aromatic N) is 1. The van der Waals surface area contributed by atoms with E-state index in [2.05, 4.69) is 0 Å². The molecule has 0 aliphatic rings. The van der Waals surface area contributed by atoms with Crippen molar-refractivity contribution in [2.24, 2.45) is 0 Å². The lowest BCUT2D eigenvalue weighted by Gasteiger charge is -2.08. The number of carbonyl (C=O) groups is 1. The first-order valence-corrected chi connectivity index (χ1v) is 8.91. The summed E-state index contributed by atoms with van der Waals surface area (Å²) in [4.78, 5) is 12.9. The van der Waals surface area contributed by atoms with Crippen molar-refractivity contribution in [1.82, 2.24) is 4.57 Å². The molecule has 5 nitrogen and oxygen atoms in total. The summed E-state index contributed by atoms with van der Waals surface area (Å²) in [6.07, 6.45) is 5.75. The van der Waals surface area contributed by atoms with Crippen LogP contribution in [0.4, 0.5) is 0 Å². The van der Waals surface area contributed by atoms with Gasteiger partial charge < -0.3 is 19.1 Å². The maximum absolute atomic E-state index is 12.9. The minimum atomic E-state index is -0.0425. The van der Waals surface area contributed by atoms with Crippen LogP contribution in [0.1, 0.15) is 27.2 Å². The molecule has 0 unspecified atom stereocenters. The number of hydrogen-bond donors (Lipinski definition) is 1. The fourth-order valence-corrected chi connectivity index (χ4v) is 3.08. The molecule has 0 atom stereocenters. The highest BCUT2D eigenvalue weighted by atomic mass is 16.5. The van der Waals surface area contributed by atoms with E-state index in [0.717, 1.165) is 11.1 Å². The van der Waals surface area contributed by atoms with E-state index in [1.54, 1.807) is 43.5 Å². The van der Waals surface area contributed by atoms with Crippen LogP contribution in [0.2, 0.25) is 0 Å². The zero-order valence-corrected chi connectivity index (χ0v) is 16.2. The van der Waals surface area contributed by atoms with Crippen LogP contribution in [0.25, 0.3) is 6.08 Å². The van der Waals surface area contributed by atoms with Gasteiger partial charge in [0.1, 0.15) is 5.75 Å². The number of ether oxygens (including phenoxy) is 2. The molecule has 0 radical (unpaired) electrons. The molecule has 5 heteroatoms. The maximum Gasteiger partial charge on any atom is 0.209 e. The van der Waals surface area contributed by atoms with Gasteiger partial charge in [0.15, 0.2) is 11.5 Å². The van der Waals surface area contributed by atoms with Gasteiger partial charge in [-0.3, -0.25) is 4.79 Å². The van der Waals surface area contributed by atoms with Gasteiger partial charge in [-0.25, -0.2) is 0 Å². The van der Waals surface area contributed by atoms with Crippen LogP contribution in [0.15, 0.2) is 60.8 Å². The molecule has 1 heterocycles. The van der Waals surface area contributed by atoms with Crippen LogP contribution in [0.5, 0.6) is 17.2 Å². The molecule has 0 saturated heterocycles. The van der Waals surface area contributed by atoms with E-state index in [0.29, 0.717) is 29.3 Å². The molecule has 0 saturated carbocycles. The van der Waals surface area contributed by atoms with Crippen LogP contribution in [0.3, 0.4) is 0 Å². The van der Waals surface area contributed by atoms with Crippen molar-refractivity contribution in [3.63, 3.8) is 0 Å². The topological polar surface area (TPSA) is 60.7 Å². The van der Waals surface area contributed by atoms with Gasteiger partial charge in [-0.1, -0.05) is 24.3 Å². The monoisotopic (exact) mass is 377 g/mol. The second-order valence-corrected chi connectivity index (χ2v) is 6.41. The predicted octanol–water partition coefficient (Wildman–Crippen LogP) is 4.46. The molecule has 0 aliphatic carbocycles. The highest BCUT2D eigenvalue weighted by Gasteiger charge is 2.14. The normalized spacial score (nSPS) is 11.0. The summed E-state index contributed by atoms with van der Waals surface area (Å²) in [6, 6.07) is 14.2. The van der Waals surface area contributed by atoms with Crippen LogP contribution in [-0.2, 0) is 6.54 Å². The fourth-order valence-electron chi connectivity index (χ4n) is 3.08. The molecular weight excluding hydrogens is 354 g/mol. The lowest BCUT2D eigenvalue weighted by Crippen LogP contribution is -2.09. The van der Waals surface area contributed by atoms with Crippen LogP contribution < -0.4 is 9.47 Å². The van der Waals surface area contributed by atoms with Gasteiger partial charge in [0, 0.05) is 23.9 Å². The number of phenols is 1. The molecule has 144 valence electrons. The predicted molar refractivity (Wildman–Crippen MR) is 109 cm³/mol. The Morgan fingerprint density at radius 3 is 2.54 bits per heavy atom. The Labute approximate surface area is 164 Å². The Morgan fingerprint density at radius 1 is 1.11 bits per heavy atom. The molecule has 28 heavy (non-hydrogen) atoms. The minimum Gasteiger partial charge on any atom is -0.504 e. The number of phenolic OH excluding ortho intramolecular Hbond substituents is 1. The third kappa shape index (κ3) is 4.09. The van der Waals surface area contributed by atoms with E-state index in [-0.39, 0.29) is 11.5 Å². The molecular formula is C23H23NO4. The summed E-state index contributed by atoms with van der Waals surface area (Å²) in [5.41, 5.74) is 3.02. The Kier molecular flexibility index (Phi) is 5.84. The van der Waals surface area contributed by atoms with Crippen LogP contribution >= 0.6 is 0 Å². The summed E-state index contributed by atoms with van der Waals surface area (Å²) in [5.74, 6) is 1.19. The summed E-state index contributed by atoms with van der Waals surface area (Å²) >= 11 is 0. The highest BCUT2D eigenvalue weighted by Crippen LogP contribution is 2.30. The van der Waals surface area contributed by atoms with Crippen molar-refractivity contribution in [1.29, 1.82) is 0 Å². The quantitative estimate of drug-likeness (QED) is 0.618. The smallest absolute Gasteiger partial charge is 0.209 e. The van der Waals surface area contributed by atoms with E-state index in [1.807, 2.05) is 42.0 Å². The highest BCUT2D eigenvalue weighted by molar-refractivity contribution is 6.08. The molecule has 0 aliphatic heterocycles. The van der Waals surface area contributed by atoms with Gasteiger partial charge in [-0.05, 0) is 48.9 Å². The van der Waals surface area contributed by atoms with E-state index in [9.17, 15) is 9.90 Å². The summed E-state index contributed by atoms with van der Waals surface area (Å²) < 4.78 is 12.3. The molecule has 3 aromatic rings. The zero-order valence-electron chi connectivity index (χ0n) is 16.2. The molecule has 3 rings (SSSR count). The van der Waals surface area contributed by atoms with Crippen LogP contribution in [-0.4, -0.2) is 29.7 Å². The van der Waals surface area contributed by atoms with Crippen molar-refractivity contribution in [3.8, 4) is 17.2 Å². The first-order chi connectivity index (χ1) is 13.5. The lowest BCUT2D eigenvalue weighted by atomic mass is 10.1. The van der Waals surface area contributed by atoms with E-state index >= 15 is 0 Å². The Morgan fingerprint density at radius 2 is 1.86 bits per heavy atom. The molecule has 0 fully saturated rings. The number of hydrogen-bond acceptors (Lipinski definition) is 4. The number of carbonyl (C=O) groups excluding carboxylic acids is 1. The molecule has 1 aromatic heterocycles.